The zero-order valence-electron chi connectivity index (χ0n) is 17.2. The van der Waals surface area contributed by atoms with Crippen LogP contribution < -0.4 is 10.6 Å². The van der Waals surface area contributed by atoms with Crippen LogP contribution in [0.15, 0.2) is 29.3 Å². The first-order valence-electron chi connectivity index (χ1n) is 10.1. The van der Waals surface area contributed by atoms with Crippen LogP contribution in [0.4, 0.5) is 4.39 Å². The molecule has 0 radical (unpaired) electrons. The first-order chi connectivity index (χ1) is 13.4. The van der Waals surface area contributed by atoms with E-state index in [2.05, 4.69) is 15.6 Å². The van der Waals surface area contributed by atoms with Crippen molar-refractivity contribution in [1.29, 1.82) is 0 Å². The molecule has 2 aliphatic rings. The van der Waals surface area contributed by atoms with Crippen LogP contribution in [0.25, 0.3) is 0 Å². The Morgan fingerprint density at radius 3 is 2.55 bits per heavy atom. The van der Waals surface area contributed by atoms with Crippen molar-refractivity contribution in [1.82, 2.24) is 14.9 Å². The summed E-state index contributed by atoms with van der Waals surface area (Å²) in [5.41, 5.74) is 1.02. The molecule has 0 amide bonds. The Balaban J connectivity index is 0.00000300. The number of nitrogens with one attached hydrogen (secondary N) is 2. The molecule has 2 N–H and O–H groups in total. The average Bonchev–Trinajstić information content (AvgIpc) is 3.47. The Morgan fingerprint density at radius 1 is 1.31 bits per heavy atom. The van der Waals surface area contributed by atoms with Gasteiger partial charge in [-0.05, 0) is 49.8 Å². The molecule has 164 valence electrons. The molecule has 0 unspecified atom stereocenters. The molecule has 9 heteroatoms. The van der Waals surface area contributed by atoms with Crippen molar-refractivity contribution < 1.29 is 12.8 Å². The van der Waals surface area contributed by atoms with E-state index in [4.69, 9.17) is 0 Å². The van der Waals surface area contributed by atoms with E-state index in [0.29, 0.717) is 26.1 Å². The molecule has 0 atom stereocenters. The first-order valence-corrected chi connectivity index (χ1v) is 11.7. The van der Waals surface area contributed by atoms with Crippen LogP contribution in [-0.2, 0) is 15.4 Å². The van der Waals surface area contributed by atoms with Crippen LogP contribution >= 0.6 is 24.0 Å². The zero-order chi connectivity index (χ0) is 20.2. The van der Waals surface area contributed by atoms with Gasteiger partial charge in [0.1, 0.15) is 5.82 Å². The largest absolute Gasteiger partial charge is 0.356 e. The van der Waals surface area contributed by atoms with E-state index in [9.17, 15) is 12.8 Å². The third-order valence-corrected chi connectivity index (χ3v) is 7.83. The Bertz CT molecular complexity index is 806. The summed E-state index contributed by atoms with van der Waals surface area (Å²) in [6, 6.07) is 7.04. The molecular formula is C20H32FIN4O2S. The van der Waals surface area contributed by atoms with Gasteiger partial charge in [-0.1, -0.05) is 19.1 Å². The molecular weight excluding hydrogens is 506 g/mol. The number of aliphatic imine (C=N–C) groups is 1. The molecule has 0 spiro atoms. The van der Waals surface area contributed by atoms with Gasteiger partial charge < -0.3 is 10.6 Å². The zero-order valence-corrected chi connectivity index (χ0v) is 20.3. The Hall–Kier alpha value is -0.940. The van der Waals surface area contributed by atoms with Crippen molar-refractivity contribution in [3.05, 3.63) is 35.6 Å². The highest BCUT2D eigenvalue weighted by atomic mass is 127. The van der Waals surface area contributed by atoms with E-state index < -0.39 is 10.0 Å². The van der Waals surface area contributed by atoms with Crippen molar-refractivity contribution in [3.8, 4) is 0 Å². The van der Waals surface area contributed by atoms with Gasteiger partial charge in [0.25, 0.3) is 0 Å². The monoisotopic (exact) mass is 538 g/mol. The number of guanidine groups is 1. The number of hydrogen-bond acceptors (Lipinski definition) is 3. The molecule has 1 aliphatic heterocycles. The molecule has 0 aromatic heterocycles. The smallest absolute Gasteiger partial charge is 0.214 e. The Labute approximate surface area is 190 Å². The highest BCUT2D eigenvalue weighted by molar-refractivity contribution is 14.0. The summed E-state index contributed by atoms with van der Waals surface area (Å²) >= 11 is 0. The van der Waals surface area contributed by atoms with Crippen molar-refractivity contribution in [2.24, 2.45) is 4.99 Å². The lowest BCUT2D eigenvalue weighted by molar-refractivity contribution is 0.306. The van der Waals surface area contributed by atoms with Crippen LogP contribution in [0, 0.1) is 5.82 Å². The van der Waals surface area contributed by atoms with Gasteiger partial charge in [0.05, 0.1) is 5.75 Å². The number of nitrogens with zero attached hydrogens (tertiary/aromatic N) is 2. The average molecular weight is 538 g/mol. The number of halogens is 2. The number of sulfonamides is 1. The topological polar surface area (TPSA) is 73.8 Å². The molecule has 3 rings (SSSR count). The van der Waals surface area contributed by atoms with Gasteiger partial charge >= 0.3 is 0 Å². The predicted molar refractivity (Wildman–Crippen MR) is 126 cm³/mol. The summed E-state index contributed by atoms with van der Waals surface area (Å²) in [6.45, 7) is 3.69. The van der Waals surface area contributed by atoms with E-state index >= 15 is 0 Å². The highest BCUT2D eigenvalue weighted by Crippen LogP contribution is 2.47. The summed E-state index contributed by atoms with van der Waals surface area (Å²) in [6.07, 6.45) is 4.24. The lowest BCUT2D eigenvalue weighted by Gasteiger charge is -2.32. The van der Waals surface area contributed by atoms with Crippen LogP contribution in [0.1, 0.15) is 44.6 Å². The van der Waals surface area contributed by atoms with Gasteiger partial charge in [0, 0.05) is 38.1 Å². The van der Waals surface area contributed by atoms with E-state index in [1.807, 2.05) is 13.0 Å². The van der Waals surface area contributed by atoms with Crippen molar-refractivity contribution >= 4 is 40.0 Å². The second kappa shape index (κ2) is 10.4. The number of benzene rings is 1. The minimum absolute atomic E-state index is 0. The molecule has 1 saturated heterocycles. The summed E-state index contributed by atoms with van der Waals surface area (Å²) in [5, 5.41) is 6.80. The fraction of sp³-hybridized carbons (Fsp3) is 0.650. The van der Waals surface area contributed by atoms with E-state index in [-0.39, 0.29) is 47.0 Å². The fourth-order valence-electron chi connectivity index (χ4n) is 3.84. The predicted octanol–water partition coefficient (Wildman–Crippen LogP) is 2.84. The standard InChI is InChI=1S/C20H31FN4O2S.HI/c1-3-13-28(26,27)25-11-7-18(8-12-25)24-19(22-2)23-15-20(9-10-20)16-5-4-6-17(21)14-16;/h4-6,14,18H,3,7-13,15H2,1-2H3,(H2,22,23,24);1H. The molecule has 2 fully saturated rings. The Morgan fingerprint density at radius 2 is 2.00 bits per heavy atom. The van der Waals surface area contributed by atoms with Gasteiger partial charge in [-0.3, -0.25) is 4.99 Å². The van der Waals surface area contributed by atoms with Crippen LogP contribution in [-0.4, -0.2) is 57.2 Å². The fourth-order valence-corrected chi connectivity index (χ4v) is 5.38. The van der Waals surface area contributed by atoms with Gasteiger partial charge in [0.2, 0.25) is 10.0 Å². The molecule has 1 aromatic carbocycles. The van der Waals surface area contributed by atoms with Crippen LogP contribution in [0.5, 0.6) is 0 Å². The van der Waals surface area contributed by atoms with Crippen LogP contribution in [0.3, 0.4) is 0 Å². The lowest BCUT2D eigenvalue weighted by Crippen LogP contribution is -2.50. The summed E-state index contributed by atoms with van der Waals surface area (Å²) in [5.74, 6) is 0.741. The normalized spacial score (nSPS) is 20.0. The number of rotatable bonds is 7. The highest BCUT2D eigenvalue weighted by Gasteiger charge is 2.44. The van der Waals surface area contributed by atoms with Gasteiger partial charge in [-0.25, -0.2) is 17.1 Å². The quantitative estimate of drug-likeness (QED) is 0.318. The SMILES string of the molecule is CCCS(=O)(=O)N1CCC(NC(=NC)NCC2(c3cccc(F)c3)CC2)CC1.I. The van der Waals surface area contributed by atoms with Gasteiger partial charge in [0.15, 0.2) is 5.96 Å². The maximum atomic E-state index is 13.6. The summed E-state index contributed by atoms with van der Waals surface area (Å²) in [4.78, 5) is 4.31. The van der Waals surface area contributed by atoms with Gasteiger partial charge in [-0.2, -0.15) is 0 Å². The number of piperidine rings is 1. The maximum Gasteiger partial charge on any atom is 0.214 e. The van der Waals surface area contributed by atoms with E-state index in [0.717, 1.165) is 37.2 Å². The van der Waals surface area contributed by atoms with Gasteiger partial charge in [-0.15, -0.1) is 24.0 Å². The third kappa shape index (κ3) is 6.27. The maximum absolute atomic E-state index is 13.6. The summed E-state index contributed by atoms with van der Waals surface area (Å²) < 4.78 is 39.5. The Kier molecular flexibility index (Phi) is 8.72. The first kappa shape index (κ1) is 24.3. The molecule has 6 nitrogen and oxygen atoms in total. The summed E-state index contributed by atoms with van der Waals surface area (Å²) in [7, 11) is -1.38. The molecule has 1 saturated carbocycles. The molecule has 0 bridgehead atoms. The third-order valence-electron chi connectivity index (χ3n) is 5.76. The van der Waals surface area contributed by atoms with E-state index in [1.54, 1.807) is 23.5 Å². The molecule has 29 heavy (non-hydrogen) atoms. The van der Waals surface area contributed by atoms with E-state index in [1.165, 1.54) is 6.07 Å². The lowest BCUT2D eigenvalue weighted by atomic mass is 9.96. The minimum Gasteiger partial charge on any atom is -0.356 e. The van der Waals surface area contributed by atoms with Crippen molar-refractivity contribution in [2.45, 2.75) is 50.5 Å². The molecule has 1 heterocycles. The second-order valence-electron chi connectivity index (χ2n) is 7.85. The number of hydrogen-bond donors (Lipinski definition) is 2. The molecule has 1 aliphatic carbocycles. The van der Waals surface area contributed by atoms with Crippen molar-refractivity contribution in [2.75, 3.05) is 32.4 Å². The van der Waals surface area contributed by atoms with Crippen molar-refractivity contribution in [3.63, 3.8) is 0 Å². The minimum atomic E-state index is -3.12. The second-order valence-corrected chi connectivity index (χ2v) is 9.94. The molecule has 1 aromatic rings. The van der Waals surface area contributed by atoms with Crippen LogP contribution in [0.2, 0.25) is 0 Å².